The number of hydrogen-bond acceptors (Lipinski definition) is 3. The van der Waals surface area contributed by atoms with Crippen molar-refractivity contribution in [2.24, 2.45) is 0 Å². The molecule has 0 atom stereocenters. The number of nitrogens with zero attached hydrogens (tertiary/aromatic N) is 1. The topological polar surface area (TPSA) is 23.5 Å². The Kier molecular flexibility index (Phi) is 6.10. The van der Waals surface area contributed by atoms with E-state index in [-0.39, 0.29) is 6.61 Å². The van der Waals surface area contributed by atoms with E-state index in [4.69, 9.17) is 16.7 Å². The summed E-state index contributed by atoms with van der Waals surface area (Å²) >= 11 is 7.59. The molecular formula is C11H16ClNOS. The predicted molar refractivity (Wildman–Crippen MR) is 66.8 cm³/mol. The van der Waals surface area contributed by atoms with E-state index < -0.39 is 0 Å². The van der Waals surface area contributed by atoms with Crippen LogP contribution < -0.4 is 0 Å². The second-order valence-electron chi connectivity index (χ2n) is 3.33. The highest BCUT2D eigenvalue weighted by Gasteiger charge is 1.98. The van der Waals surface area contributed by atoms with Crippen LogP contribution in [0.5, 0.6) is 0 Å². The van der Waals surface area contributed by atoms with Crippen LogP contribution in [0.4, 0.5) is 0 Å². The number of halogens is 1. The summed E-state index contributed by atoms with van der Waals surface area (Å²) in [5.74, 6) is 1.03. The van der Waals surface area contributed by atoms with Crippen LogP contribution in [-0.4, -0.2) is 42.5 Å². The van der Waals surface area contributed by atoms with Gasteiger partial charge in [-0.05, 0) is 31.3 Å². The van der Waals surface area contributed by atoms with Gasteiger partial charge in [0, 0.05) is 28.8 Å². The standard InChI is InChI=1S/C11H16ClNOS/c1-13(6-8-14)7-9-15-11-4-2-10(12)3-5-11/h2-5,14H,6-9H2,1H3. The first-order valence-electron chi connectivity index (χ1n) is 4.90. The Balaban J connectivity index is 2.22. The summed E-state index contributed by atoms with van der Waals surface area (Å²) in [7, 11) is 2.01. The van der Waals surface area contributed by atoms with Gasteiger partial charge in [-0.3, -0.25) is 0 Å². The highest BCUT2D eigenvalue weighted by molar-refractivity contribution is 7.99. The van der Waals surface area contributed by atoms with Gasteiger partial charge in [-0.1, -0.05) is 11.6 Å². The first-order valence-corrected chi connectivity index (χ1v) is 6.26. The highest BCUT2D eigenvalue weighted by Crippen LogP contribution is 2.19. The molecule has 1 N–H and O–H groups in total. The minimum absolute atomic E-state index is 0.224. The average Bonchev–Trinajstić information content (AvgIpc) is 2.21. The van der Waals surface area contributed by atoms with Gasteiger partial charge in [0.25, 0.3) is 0 Å². The van der Waals surface area contributed by atoms with Crippen LogP contribution in [0.25, 0.3) is 0 Å². The van der Waals surface area contributed by atoms with Crippen LogP contribution in [-0.2, 0) is 0 Å². The van der Waals surface area contributed by atoms with Crippen molar-refractivity contribution in [2.45, 2.75) is 4.90 Å². The van der Waals surface area contributed by atoms with E-state index in [0.717, 1.165) is 23.9 Å². The number of aliphatic hydroxyl groups excluding tert-OH is 1. The largest absolute Gasteiger partial charge is 0.395 e. The Bertz CT molecular complexity index is 278. The third-order valence-corrected chi connectivity index (χ3v) is 3.28. The van der Waals surface area contributed by atoms with Crippen molar-refractivity contribution in [1.82, 2.24) is 4.90 Å². The van der Waals surface area contributed by atoms with E-state index in [0.29, 0.717) is 0 Å². The maximum Gasteiger partial charge on any atom is 0.0558 e. The van der Waals surface area contributed by atoms with Gasteiger partial charge in [0.1, 0.15) is 0 Å². The Labute approximate surface area is 100 Å². The fourth-order valence-electron chi connectivity index (χ4n) is 1.13. The third-order valence-electron chi connectivity index (χ3n) is 2.04. The number of likely N-dealkylation sites (N-methyl/N-ethyl adjacent to an activating group) is 1. The molecular weight excluding hydrogens is 230 g/mol. The zero-order valence-corrected chi connectivity index (χ0v) is 10.4. The molecule has 0 saturated heterocycles. The summed E-state index contributed by atoms with van der Waals surface area (Å²) in [5.41, 5.74) is 0. The molecule has 0 spiro atoms. The SMILES string of the molecule is CN(CCO)CCSc1ccc(Cl)cc1. The smallest absolute Gasteiger partial charge is 0.0558 e. The third kappa shape index (κ3) is 5.42. The summed E-state index contributed by atoms with van der Waals surface area (Å²) in [6.45, 7) is 1.94. The van der Waals surface area contributed by atoms with Crippen molar-refractivity contribution in [3.63, 3.8) is 0 Å². The van der Waals surface area contributed by atoms with Gasteiger partial charge in [-0.2, -0.15) is 0 Å². The molecule has 0 saturated carbocycles. The number of rotatable bonds is 6. The first-order chi connectivity index (χ1) is 7.22. The summed E-state index contributed by atoms with van der Waals surface area (Å²) in [5, 5.41) is 9.50. The van der Waals surface area contributed by atoms with E-state index >= 15 is 0 Å². The molecule has 0 unspecified atom stereocenters. The first kappa shape index (κ1) is 12.8. The van der Waals surface area contributed by atoms with Crippen molar-refractivity contribution in [1.29, 1.82) is 0 Å². The molecule has 0 aromatic heterocycles. The summed E-state index contributed by atoms with van der Waals surface area (Å²) in [4.78, 5) is 3.35. The maximum atomic E-state index is 8.72. The zero-order valence-electron chi connectivity index (χ0n) is 8.82. The zero-order chi connectivity index (χ0) is 11.1. The molecule has 0 amide bonds. The van der Waals surface area contributed by atoms with Crippen LogP contribution in [0.1, 0.15) is 0 Å². The lowest BCUT2D eigenvalue weighted by atomic mass is 10.4. The summed E-state index contributed by atoms with van der Waals surface area (Å²) < 4.78 is 0. The van der Waals surface area contributed by atoms with E-state index in [9.17, 15) is 0 Å². The molecule has 0 aliphatic carbocycles. The Morgan fingerprint density at radius 3 is 2.53 bits per heavy atom. The Hall–Kier alpha value is -0.220. The van der Waals surface area contributed by atoms with Crippen LogP contribution >= 0.6 is 23.4 Å². The monoisotopic (exact) mass is 245 g/mol. The van der Waals surface area contributed by atoms with Crippen LogP contribution in [0.3, 0.4) is 0 Å². The Morgan fingerprint density at radius 1 is 1.27 bits per heavy atom. The molecule has 0 bridgehead atoms. The molecule has 0 fully saturated rings. The van der Waals surface area contributed by atoms with Crippen molar-refractivity contribution in [3.8, 4) is 0 Å². The molecule has 0 aliphatic rings. The predicted octanol–water partition coefficient (Wildman–Crippen LogP) is 2.36. The fourth-order valence-corrected chi connectivity index (χ4v) is 2.23. The molecule has 0 radical (unpaired) electrons. The lowest BCUT2D eigenvalue weighted by Crippen LogP contribution is -2.24. The van der Waals surface area contributed by atoms with Crippen LogP contribution in [0.15, 0.2) is 29.2 Å². The van der Waals surface area contributed by atoms with E-state index in [2.05, 4.69) is 4.90 Å². The van der Waals surface area contributed by atoms with E-state index in [1.807, 2.05) is 31.3 Å². The second-order valence-corrected chi connectivity index (χ2v) is 4.93. The molecule has 0 heterocycles. The van der Waals surface area contributed by atoms with E-state index in [1.54, 1.807) is 11.8 Å². The second kappa shape index (κ2) is 7.12. The molecule has 1 aromatic rings. The van der Waals surface area contributed by atoms with Gasteiger partial charge in [-0.25, -0.2) is 0 Å². The number of aliphatic hydroxyl groups is 1. The summed E-state index contributed by atoms with van der Waals surface area (Å²) in [6.07, 6.45) is 0. The fraction of sp³-hybridized carbons (Fsp3) is 0.455. The van der Waals surface area contributed by atoms with Gasteiger partial charge in [0.05, 0.1) is 6.61 Å². The molecule has 1 aromatic carbocycles. The molecule has 1 rings (SSSR count). The van der Waals surface area contributed by atoms with Crippen LogP contribution in [0, 0.1) is 0 Å². The van der Waals surface area contributed by atoms with Crippen molar-refractivity contribution in [2.75, 3.05) is 32.5 Å². The number of thioether (sulfide) groups is 1. The molecule has 2 nitrogen and oxygen atoms in total. The normalized spacial score (nSPS) is 10.9. The van der Waals surface area contributed by atoms with Gasteiger partial charge in [0.2, 0.25) is 0 Å². The van der Waals surface area contributed by atoms with Crippen molar-refractivity contribution < 1.29 is 5.11 Å². The van der Waals surface area contributed by atoms with Crippen molar-refractivity contribution in [3.05, 3.63) is 29.3 Å². The number of benzene rings is 1. The maximum absolute atomic E-state index is 8.72. The summed E-state index contributed by atoms with van der Waals surface area (Å²) in [6, 6.07) is 7.86. The quantitative estimate of drug-likeness (QED) is 0.779. The Morgan fingerprint density at radius 2 is 1.93 bits per heavy atom. The van der Waals surface area contributed by atoms with Gasteiger partial charge in [-0.15, -0.1) is 11.8 Å². The lowest BCUT2D eigenvalue weighted by molar-refractivity contribution is 0.228. The highest BCUT2D eigenvalue weighted by atomic mass is 35.5. The molecule has 0 aliphatic heterocycles. The molecule has 84 valence electrons. The lowest BCUT2D eigenvalue weighted by Gasteiger charge is -2.14. The average molecular weight is 246 g/mol. The molecule has 4 heteroatoms. The minimum Gasteiger partial charge on any atom is -0.395 e. The van der Waals surface area contributed by atoms with Crippen molar-refractivity contribution >= 4 is 23.4 Å². The van der Waals surface area contributed by atoms with Crippen LogP contribution in [0.2, 0.25) is 5.02 Å². The van der Waals surface area contributed by atoms with E-state index in [1.165, 1.54) is 4.90 Å². The van der Waals surface area contributed by atoms with Gasteiger partial charge < -0.3 is 10.0 Å². The number of hydrogen-bond donors (Lipinski definition) is 1. The molecule has 15 heavy (non-hydrogen) atoms. The minimum atomic E-state index is 0.224. The van der Waals surface area contributed by atoms with Gasteiger partial charge >= 0.3 is 0 Å². The van der Waals surface area contributed by atoms with Gasteiger partial charge in [0.15, 0.2) is 0 Å².